The van der Waals surface area contributed by atoms with Crippen LogP contribution in [0.5, 0.6) is 0 Å². The molecule has 2 aromatic heterocycles. The number of anilines is 1. The second-order valence-corrected chi connectivity index (χ2v) is 3.91. The van der Waals surface area contributed by atoms with Crippen molar-refractivity contribution in [2.24, 2.45) is 0 Å². The van der Waals surface area contributed by atoms with Gasteiger partial charge >= 0.3 is 6.01 Å². The molecule has 0 saturated heterocycles. The summed E-state index contributed by atoms with van der Waals surface area (Å²) in [5.41, 5.74) is 1.63. The Labute approximate surface area is 113 Å². The van der Waals surface area contributed by atoms with Crippen LogP contribution in [0.3, 0.4) is 0 Å². The number of aromatic nitrogens is 5. The molecule has 8 nitrogen and oxygen atoms in total. The highest BCUT2D eigenvalue weighted by Crippen LogP contribution is 2.08. The molecule has 1 N–H and O–H groups in total. The number of para-hydroxylation sites is 1. The summed E-state index contributed by atoms with van der Waals surface area (Å²) < 4.78 is 6.66. The summed E-state index contributed by atoms with van der Waals surface area (Å²) in [5, 5.41) is 18.1. The first-order valence-electron chi connectivity index (χ1n) is 5.84. The van der Waals surface area contributed by atoms with E-state index in [0.717, 1.165) is 5.69 Å². The Kier molecular flexibility index (Phi) is 3.19. The summed E-state index contributed by atoms with van der Waals surface area (Å²) >= 11 is 0. The number of carbonyl (C=O) groups is 1. The minimum Gasteiger partial charge on any atom is -0.401 e. The van der Waals surface area contributed by atoms with Gasteiger partial charge in [-0.15, -0.1) is 10.2 Å². The minimum atomic E-state index is -0.0690. The van der Waals surface area contributed by atoms with Gasteiger partial charge in [-0.25, -0.2) is 4.68 Å². The zero-order chi connectivity index (χ0) is 13.8. The molecule has 0 atom stereocenters. The van der Waals surface area contributed by atoms with Crippen molar-refractivity contribution in [3.8, 4) is 5.69 Å². The van der Waals surface area contributed by atoms with E-state index in [-0.39, 0.29) is 11.9 Å². The van der Waals surface area contributed by atoms with Crippen molar-refractivity contribution >= 4 is 12.3 Å². The molecule has 8 heteroatoms. The van der Waals surface area contributed by atoms with E-state index < -0.39 is 0 Å². The Hall–Kier alpha value is -3.03. The Bertz CT molecular complexity index is 706. The maximum absolute atomic E-state index is 10.4. The monoisotopic (exact) mass is 270 g/mol. The van der Waals surface area contributed by atoms with Crippen LogP contribution < -0.4 is 5.32 Å². The fraction of sp³-hybridized carbons (Fsp3) is 0.0833. The van der Waals surface area contributed by atoms with Gasteiger partial charge in [0.25, 0.3) is 5.89 Å². The highest BCUT2D eigenvalue weighted by molar-refractivity contribution is 5.67. The fourth-order valence-electron chi connectivity index (χ4n) is 1.61. The van der Waals surface area contributed by atoms with Crippen LogP contribution >= 0.6 is 0 Å². The van der Waals surface area contributed by atoms with Crippen molar-refractivity contribution in [1.29, 1.82) is 0 Å². The molecule has 20 heavy (non-hydrogen) atoms. The van der Waals surface area contributed by atoms with E-state index in [9.17, 15) is 4.79 Å². The lowest BCUT2D eigenvalue weighted by Crippen LogP contribution is -1.99. The molecule has 100 valence electrons. The van der Waals surface area contributed by atoms with Gasteiger partial charge in [-0.1, -0.05) is 28.5 Å². The highest BCUT2D eigenvalue weighted by Gasteiger charge is 2.06. The van der Waals surface area contributed by atoms with Crippen LogP contribution in [0.4, 0.5) is 6.01 Å². The zero-order valence-corrected chi connectivity index (χ0v) is 10.3. The number of benzene rings is 1. The number of hydrogen-bond acceptors (Lipinski definition) is 7. The maximum Gasteiger partial charge on any atom is 0.316 e. The van der Waals surface area contributed by atoms with Crippen LogP contribution in [0.1, 0.15) is 16.4 Å². The summed E-state index contributed by atoms with van der Waals surface area (Å²) in [4.78, 5) is 10.4. The Morgan fingerprint density at radius 3 is 2.80 bits per heavy atom. The summed E-state index contributed by atoms with van der Waals surface area (Å²) in [6, 6.07) is 9.81. The lowest BCUT2D eigenvalue weighted by molar-refractivity contribution is 0.109. The molecule has 3 aromatic rings. The predicted octanol–water partition coefficient (Wildman–Crippen LogP) is 1.07. The summed E-state index contributed by atoms with van der Waals surface area (Å²) in [6.07, 6.45) is 2.28. The molecule has 2 heterocycles. The largest absolute Gasteiger partial charge is 0.401 e. The minimum absolute atomic E-state index is 0.0690. The van der Waals surface area contributed by atoms with Gasteiger partial charge in [0.2, 0.25) is 6.29 Å². The first kappa shape index (κ1) is 12.0. The number of nitrogens with zero attached hydrogens (tertiary/aromatic N) is 5. The van der Waals surface area contributed by atoms with Crippen molar-refractivity contribution in [2.75, 3.05) is 5.32 Å². The van der Waals surface area contributed by atoms with E-state index in [1.54, 1.807) is 10.9 Å². The van der Waals surface area contributed by atoms with Gasteiger partial charge < -0.3 is 9.73 Å². The molecule has 0 spiro atoms. The molecule has 0 saturated carbocycles. The van der Waals surface area contributed by atoms with Crippen molar-refractivity contribution < 1.29 is 9.21 Å². The predicted molar refractivity (Wildman–Crippen MR) is 68.4 cm³/mol. The zero-order valence-electron chi connectivity index (χ0n) is 10.3. The van der Waals surface area contributed by atoms with Crippen LogP contribution in [0.25, 0.3) is 5.69 Å². The first-order chi connectivity index (χ1) is 9.85. The van der Waals surface area contributed by atoms with Crippen molar-refractivity contribution in [1.82, 2.24) is 25.2 Å². The molecule has 0 amide bonds. The standard InChI is InChI=1S/C12H10N6O2/c19-8-11-15-16-12(20-11)13-6-9-7-18(17-14-9)10-4-2-1-3-5-10/h1-5,7-8H,6H2,(H,13,16). The normalized spacial score (nSPS) is 10.4. The van der Waals surface area contributed by atoms with E-state index in [1.165, 1.54) is 0 Å². The van der Waals surface area contributed by atoms with Crippen LogP contribution in [0, 0.1) is 0 Å². The van der Waals surface area contributed by atoms with Gasteiger partial charge in [0.1, 0.15) is 5.69 Å². The number of nitrogens with one attached hydrogen (secondary N) is 1. The SMILES string of the molecule is O=Cc1nnc(NCc2cn(-c3ccccc3)nn2)o1. The second kappa shape index (κ2) is 5.31. The molecular formula is C12H10N6O2. The third-order valence-electron chi connectivity index (χ3n) is 2.52. The van der Waals surface area contributed by atoms with Crippen molar-refractivity contribution in [2.45, 2.75) is 6.54 Å². The second-order valence-electron chi connectivity index (χ2n) is 3.91. The highest BCUT2D eigenvalue weighted by atomic mass is 16.4. The van der Waals surface area contributed by atoms with Crippen LogP contribution in [0.15, 0.2) is 40.9 Å². The van der Waals surface area contributed by atoms with Gasteiger partial charge in [-0.2, -0.15) is 0 Å². The van der Waals surface area contributed by atoms with Crippen molar-refractivity contribution in [3.05, 3.63) is 48.1 Å². The number of hydrogen-bond donors (Lipinski definition) is 1. The quantitative estimate of drug-likeness (QED) is 0.692. The Morgan fingerprint density at radius 1 is 1.20 bits per heavy atom. The van der Waals surface area contributed by atoms with Gasteiger partial charge in [0.05, 0.1) is 18.4 Å². The Morgan fingerprint density at radius 2 is 2.05 bits per heavy atom. The van der Waals surface area contributed by atoms with Crippen LogP contribution in [0.2, 0.25) is 0 Å². The van der Waals surface area contributed by atoms with Crippen LogP contribution in [-0.2, 0) is 6.54 Å². The third kappa shape index (κ3) is 2.53. The summed E-state index contributed by atoms with van der Waals surface area (Å²) in [5.74, 6) is -0.0690. The molecule has 1 aromatic carbocycles. The molecular weight excluding hydrogens is 260 g/mol. The van der Waals surface area contributed by atoms with E-state index in [0.29, 0.717) is 18.5 Å². The number of aldehydes is 1. The summed E-state index contributed by atoms with van der Waals surface area (Å²) in [6.45, 7) is 0.368. The average Bonchev–Trinajstić information content (AvgIpc) is 3.15. The van der Waals surface area contributed by atoms with Gasteiger partial charge in [-0.05, 0) is 12.1 Å². The molecule has 0 fully saturated rings. The summed E-state index contributed by atoms with van der Waals surface area (Å²) in [7, 11) is 0. The lowest BCUT2D eigenvalue weighted by Gasteiger charge is -1.97. The number of rotatable bonds is 5. The maximum atomic E-state index is 10.4. The molecule has 0 aliphatic rings. The fourth-order valence-corrected chi connectivity index (χ4v) is 1.61. The van der Waals surface area contributed by atoms with Gasteiger partial charge in [0, 0.05) is 0 Å². The molecule has 0 bridgehead atoms. The van der Waals surface area contributed by atoms with Gasteiger partial charge in [-0.3, -0.25) is 4.79 Å². The third-order valence-corrected chi connectivity index (χ3v) is 2.52. The van der Waals surface area contributed by atoms with E-state index in [2.05, 4.69) is 25.8 Å². The molecule has 0 radical (unpaired) electrons. The van der Waals surface area contributed by atoms with E-state index in [4.69, 9.17) is 4.42 Å². The van der Waals surface area contributed by atoms with E-state index >= 15 is 0 Å². The first-order valence-corrected chi connectivity index (χ1v) is 5.84. The molecule has 0 aliphatic heterocycles. The number of carbonyl (C=O) groups excluding carboxylic acids is 1. The topological polar surface area (TPSA) is 98.7 Å². The van der Waals surface area contributed by atoms with Gasteiger partial charge in [0.15, 0.2) is 0 Å². The molecule has 0 unspecified atom stereocenters. The Balaban J connectivity index is 1.67. The average molecular weight is 270 g/mol. The van der Waals surface area contributed by atoms with E-state index in [1.807, 2.05) is 30.3 Å². The van der Waals surface area contributed by atoms with Crippen LogP contribution in [-0.4, -0.2) is 31.5 Å². The smallest absolute Gasteiger partial charge is 0.316 e. The molecule has 0 aliphatic carbocycles. The molecule has 3 rings (SSSR count). The van der Waals surface area contributed by atoms with Crippen molar-refractivity contribution in [3.63, 3.8) is 0 Å². The lowest BCUT2D eigenvalue weighted by atomic mass is 10.3.